The van der Waals surface area contributed by atoms with Crippen molar-refractivity contribution in [3.63, 3.8) is 0 Å². The Morgan fingerprint density at radius 3 is 2.44 bits per heavy atom. The number of carbonyl (C=O) groups is 3. The van der Waals surface area contributed by atoms with Crippen LogP contribution in [-0.4, -0.2) is 48.2 Å². The maximum atomic E-state index is 12.2. The second-order valence-electron chi connectivity index (χ2n) is 6.74. The minimum absolute atomic E-state index is 0.205. The quantitative estimate of drug-likeness (QED) is 0.495. The number of hydrogen-bond acceptors (Lipinski definition) is 7. The van der Waals surface area contributed by atoms with Gasteiger partial charge in [0.2, 0.25) is 5.91 Å². The predicted molar refractivity (Wildman–Crippen MR) is 110 cm³/mol. The standard InChI is InChI=1S/C18H28N2O5S2/c1-7-24-16(22)14-11(2)12(3)27-15(14)20-13(21)10-26-9-8-19-17(23)25-18(4,5)6/h7-10H2,1-6H3,(H,19,23)(H,20,21). The Balaban J connectivity index is 2.44. The van der Waals surface area contributed by atoms with Crippen molar-refractivity contribution in [1.29, 1.82) is 0 Å². The van der Waals surface area contributed by atoms with Gasteiger partial charge in [-0.2, -0.15) is 11.8 Å². The van der Waals surface area contributed by atoms with Gasteiger partial charge in [-0.05, 0) is 47.1 Å². The SMILES string of the molecule is CCOC(=O)c1c(NC(=O)CSCCNC(=O)OC(C)(C)C)sc(C)c1C. The Labute approximate surface area is 168 Å². The molecule has 9 heteroatoms. The Morgan fingerprint density at radius 2 is 1.85 bits per heavy atom. The molecular weight excluding hydrogens is 388 g/mol. The van der Waals surface area contributed by atoms with E-state index in [1.807, 2.05) is 13.8 Å². The van der Waals surface area contributed by atoms with E-state index in [-0.39, 0.29) is 18.3 Å². The number of ether oxygens (including phenoxy) is 2. The van der Waals surface area contributed by atoms with Gasteiger partial charge in [-0.1, -0.05) is 0 Å². The molecule has 27 heavy (non-hydrogen) atoms. The Bertz CT molecular complexity index is 680. The average Bonchev–Trinajstić information content (AvgIpc) is 2.79. The van der Waals surface area contributed by atoms with Gasteiger partial charge in [0.15, 0.2) is 0 Å². The summed E-state index contributed by atoms with van der Waals surface area (Å²) in [6, 6.07) is 0. The minimum Gasteiger partial charge on any atom is -0.462 e. The molecule has 1 aromatic heterocycles. The number of aryl methyl sites for hydroxylation is 1. The molecule has 0 unspecified atom stereocenters. The molecule has 1 aromatic rings. The number of hydrogen-bond donors (Lipinski definition) is 2. The van der Waals surface area contributed by atoms with Crippen molar-refractivity contribution >= 4 is 46.1 Å². The van der Waals surface area contributed by atoms with Crippen LogP contribution in [0.4, 0.5) is 9.80 Å². The molecule has 0 saturated heterocycles. The van der Waals surface area contributed by atoms with Crippen molar-refractivity contribution in [2.75, 3.05) is 30.0 Å². The molecule has 0 aliphatic heterocycles. The molecule has 2 amide bonds. The normalized spacial score (nSPS) is 11.0. The Morgan fingerprint density at radius 1 is 1.19 bits per heavy atom. The topological polar surface area (TPSA) is 93.7 Å². The molecule has 7 nitrogen and oxygen atoms in total. The zero-order valence-corrected chi connectivity index (χ0v) is 18.3. The van der Waals surface area contributed by atoms with Crippen molar-refractivity contribution in [2.24, 2.45) is 0 Å². The van der Waals surface area contributed by atoms with Gasteiger partial charge in [0.1, 0.15) is 10.6 Å². The van der Waals surface area contributed by atoms with Crippen molar-refractivity contribution in [3.8, 4) is 0 Å². The Hall–Kier alpha value is -1.74. The zero-order valence-electron chi connectivity index (χ0n) is 16.7. The van der Waals surface area contributed by atoms with Gasteiger partial charge >= 0.3 is 12.1 Å². The summed E-state index contributed by atoms with van der Waals surface area (Å²) in [5.41, 5.74) is 0.706. The lowest BCUT2D eigenvalue weighted by Gasteiger charge is -2.19. The fourth-order valence-electron chi connectivity index (χ4n) is 2.03. The van der Waals surface area contributed by atoms with Crippen LogP contribution in [0.3, 0.4) is 0 Å². The van der Waals surface area contributed by atoms with Crippen LogP contribution in [0.2, 0.25) is 0 Å². The number of nitrogens with one attached hydrogen (secondary N) is 2. The monoisotopic (exact) mass is 416 g/mol. The van der Waals surface area contributed by atoms with Gasteiger partial charge in [0.05, 0.1) is 17.9 Å². The molecule has 1 heterocycles. The van der Waals surface area contributed by atoms with E-state index in [0.717, 1.165) is 10.4 Å². The van der Waals surface area contributed by atoms with Gasteiger partial charge in [-0.3, -0.25) is 4.79 Å². The van der Waals surface area contributed by atoms with Crippen molar-refractivity contribution in [2.45, 2.75) is 47.1 Å². The van der Waals surface area contributed by atoms with Gasteiger partial charge in [-0.25, -0.2) is 9.59 Å². The highest BCUT2D eigenvalue weighted by Gasteiger charge is 2.22. The maximum Gasteiger partial charge on any atom is 0.407 e. The number of rotatable bonds is 8. The van der Waals surface area contributed by atoms with E-state index in [0.29, 0.717) is 22.9 Å². The fraction of sp³-hybridized carbons (Fsp3) is 0.611. The van der Waals surface area contributed by atoms with Crippen LogP contribution in [0.1, 0.15) is 48.5 Å². The second kappa shape index (κ2) is 10.6. The lowest BCUT2D eigenvalue weighted by atomic mass is 10.1. The molecule has 0 atom stereocenters. The number of amides is 2. The van der Waals surface area contributed by atoms with Gasteiger partial charge in [0.25, 0.3) is 0 Å². The van der Waals surface area contributed by atoms with Gasteiger partial charge in [-0.15, -0.1) is 11.3 Å². The molecule has 0 fully saturated rings. The lowest BCUT2D eigenvalue weighted by molar-refractivity contribution is -0.113. The zero-order chi connectivity index (χ0) is 20.6. The highest BCUT2D eigenvalue weighted by atomic mass is 32.2. The summed E-state index contributed by atoms with van der Waals surface area (Å²) in [7, 11) is 0. The summed E-state index contributed by atoms with van der Waals surface area (Å²) in [6.07, 6.45) is -0.476. The number of alkyl carbamates (subject to hydrolysis) is 1. The first-order chi connectivity index (χ1) is 12.5. The minimum atomic E-state index is -0.537. The molecule has 0 aliphatic rings. The van der Waals surface area contributed by atoms with Crippen LogP contribution in [-0.2, 0) is 14.3 Å². The van der Waals surface area contributed by atoms with Crippen LogP contribution in [0, 0.1) is 13.8 Å². The molecular formula is C18H28N2O5S2. The average molecular weight is 417 g/mol. The van der Waals surface area contributed by atoms with Crippen LogP contribution in [0.15, 0.2) is 0 Å². The highest BCUT2D eigenvalue weighted by molar-refractivity contribution is 7.99. The van der Waals surface area contributed by atoms with Crippen molar-refractivity contribution in [1.82, 2.24) is 5.32 Å². The van der Waals surface area contributed by atoms with Crippen LogP contribution in [0.5, 0.6) is 0 Å². The number of thiophene rings is 1. The molecule has 0 bridgehead atoms. The largest absolute Gasteiger partial charge is 0.462 e. The fourth-order valence-corrected chi connectivity index (χ4v) is 3.74. The Kier molecular flexibility index (Phi) is 9.11. The second-order valence-corrected chi connectivity index (χ2v) is 9.07. The smallest absolute Gasteiger partial charge is 0.407 e. The highest BCUT2D eigenvalue weighted by Crippen LogP contribution is 2.33. The summed E-state index contributed by atoms with van der Waals surface area (Å²) in [5.74, 6) is 0.154. The molecule has 2 N–H and O–H groups in total. The number of anilines is 1. The van der Waals surface area contributed by atoms with Crippen LogP contribution >= 0.6 is 23.1 Å². The molecule has 0 aromatic carbocycles. The van der Waals surface area contributed by atoms with E-state index in [2.05, 4.69) is 10.6 Å². The first-order valence-electron chi connectivity index (χ1n) is 8.66. The van der Waals surface area contributed by atoms with Gasteiger partial charge in [0, 0.05) is 17.2 Å². The van der Waals surface area contributed by atoms with E-state index in [9.17, 15) is 14.4 Å². The van der Waals surface area contributed by atoms with Crippen molar-refractivity contribution < 1.29 is 23.9 Å². The third-order valence-electron chi connectivity index (χ3n) is 3.27. The summed E-state index contributed by atoms with van der Waals surface area (Å²) in [4.78, 5) is 36.8. The summed E-state index contributed by atoms with van der Waals surface area (Å²) in [6.45, 7) is 11.5. The third-order valence-corrected chi connectivity index (χ3v) is 5.35. The summed E-state index contributed by atoms with van der Waals surface area (Å²) >= 11 is 2.74. The third kappa shape index (κ3) is 8.21. The van der Waals surface area contributed by atoms with Crippen LogP contribution in [0.25, 0.3) is 0 Å². The lowest BCUT2D eigenvalue weighted by Crippen LogP contribution is -2.33. The summed E-state index contributed by atoms with van der Waals surface area (Å²) < 4.78 is 10.2. The van der Waals surface area contributed by atoms with E-state index in [1.54, 1.807) is 27.7 Å². The number of carbonyl (C=O) groups excluding carboxylic acids is 3. The molecule has 1 rings (SSSR count). The first kappa shape index (κ1) is 23.3. The molecule has 0 radical (unpaired) electrons. The molecule has 0 aliphatic carbocycles. The van der Waals surface area contributed by atoms with E-state index in [4.69, 9.17) is 9.47 Å². The van der Waals surface area contributed by atoms with Gasteiger partial charge < -0.3 is 20.1 Å². The molecule has 0 spiro atoms. The summed E-state index contributed by atoms with van der Waals surface area (Å²) in [5, 5.41) is 5.94. The van der Waals surface area contributed by atoms with E-state index >= 15 is 0 Å². The molecule has 0 saturated carbocycles. The molecule has 152 valence electrons. The first-order valence-corrected chi connectivity index (χ1v) is 10.6. The number of esters is 1. The van der Waals surface area contributed by atoms with Crippen molar-refractivity contribution in [3.05, 3.63) is 16.0 Å². The van der Waals surface area contributed by atoms with E-state index in [1.165, 1.54) is 23.1 Å². The van der Waals surface area contributed by atoms with Crippen LogP contribution < -0.4 is 10.6 Å². The number of thioether (sulfide) groups is 1. The predicted octanol–water partition coefficient (Wildman–Crippen LogP) is 3.74. The van der Waals surface area contributed by atoms with E-state index < -0.39 is 17.7 Å². The maximum absolute atomic E-state index is 12.2.